The summed E-state index contributed by atoms with van der Waals surface area (Å²) in [7, 11) is -4.36. The maximum atomic E-state index is 13.4. The minimum absolute atomic E-state index is 0.0621. The first-order valence-corrected chi connectivity index (χ1v) is 13.3. The molecule has 9 nitrogen and oxygen atoms in total. The molecule has 190 valence electrons. The first-order chi connectivity index (χ1) is 15.8. The van der Waals surface area contributed by atoms with Gasteiger partial charge in [-0.2, -0.15) is 0 Å². The fourth-order valence-electron chi connectivity index (χ4n) is 3.75. The molecule has 2 rings (SSSR count). The van der Waals surface area contributed by atoms with Gasteiger partial charge in [0, 0.05) is 0 Å². The Morgan fingerprint density at radius 1 is 0.727 bits per heavy atom. The van der Waals surface area contributed by atoms with Gasteiger partial charge in [0.15, 0.2) is 0 Å². The van der Waals surface area contributed by atoms with Crippen LogP contribution in [0.4, 0.5) is 0 Å². The highest BCUT2D eigenvalue weighted by Gasteiger charge is 2.52. The number of rotatable bonds is 15. The van der Waals surface area contributed by atoms with Crippen molar-refractivity contribution in [3.05, 3.63) is 30.3 Å². The standard InChI is InChI=1S/C23H39O9P/c1-2-3-4-5-6-7-8-9-13-16-30-33(29,31-17-14-11-10-12-15-17)32-23-21(27)19(25)18(24)20(26)22(23)28/h10-12,14-15,18-28H,2-9,13,16H2,1H3/t18?,19-,20+,21-,22-,23?,33?/m1/s1. The van der Waals surface area contributed by atoms with Crippen molar-refractivity contribution >= 4 is 7.82 Å². The van der Waals surface area contributed by atoms with Gasteiger partial charge in [-0.05, 0) is 18.6 Å². The average Bonchev–Trinajstić information content (AvgIpc) is 2.81. The second-order valence-corrected chi connectivity index (χ2v) is 10.1. The average molecular weight is 491 g/mol. The normalized spacial score (nSPS) is 29.5. The second-order valence-electron chi connectivity index (χ2n) is 8.54. The van der Waals surface area contributed by atoms with Crippen molar-refractivity contribution in [2.75, 3.05) is 6.61 Å². The molecule has 0 bridgehead atoms. The van der Waals surface area contributed by atoms with Gasteiger partial charge in [-0.3, -0.25) is 9.05 Å². The molecule has 3 unspecified atom stereocenters. The molecular formula is C23H39O9P. The van der Waals surface area contributed by atoms with Crippen molar-refractivity contribution < 1.29 is 43.7 Å². The Kier molecular flexibility index (Phi) is 12.3. The minimum Gasteiger partial charge on any atom is -0.404 e. The molecule has 10 heteroatoms. The number of hydrogen-bond acceptors (Lipinski definition) is 9. The summed E-state index contributed by atoms with van der Waals surface area (Å²) in [5, 5.41) is 50.1. The summed E-state index contributed by atoms with van der Waals surface area (Å²) in [6.45, 7) is 2.25. The SMILES string of the molecule is CCCCCCCCCCCOP(=O)(Oc1ccccc1)OC1[C@H](O)[C@H](O)C(O)[C@H](O)[C@H]1O. The first-order valence-electron chi connectivity index (χ1n) is 11.9. The Morgan fingerprint density at radius 3 is 1.76 bits per heavy atom. The van der Waals surface area contributed by atoms with E-state index in [1.807, 2.05) is 0 Å². The van der Waals surface area contributed by atoms with Crippen LogP contribution in [-0.2, 0) is 13.6 Å². The highest BCUT2D eigenvalue weighted by Crippen LogP contribution is 2.52. The summed E-state index contributed by atoms with van der Waals surface area (Å²) in [6, 6.07) is 8.14. The maximum Gasteiger partial charge on any atom is 0.530 e. The quantitative estimate of drug-likeness (QED) is 0.185. The molecule has 0 amide bonds. The number of benzene rings is 1. The molecule has 1 saturated carbocycles. The van der Waals surface area contributed by atoms with Gasteiger partial charge in [-0.15, -0.1) is 0 Å². The molecule has 0 heterocycles. The minimum atomic E-state index is -4.36. The molecule has 7 atom stereocenters. The van der Waals surface area contributed by atoms with Crippen LogP contribution in [0.15, 0.2) is 30.3 Å². The van der Waals surface area contributed by atoms with E-state index in [1.165, 1.54) is 32.1 Å². The molecule has 1 aromatic carbocycles. The zero-order valence-electron chi connectivity index (χ0n) is 19.2. The van der Waals surface area contributed by atoms with Gasteiger partial charge in [-0.1, -0.05) is 76.5 Å². The zero-order valence-corrected chi connectivity index (χ0v) is 20.1. The summed E-state index contributed by atoms with van der Waals surface area (Å²) >= 11 is 0. The van der Waals surface area contributed by atoms with Crippen molar-refractivity contribution in [3.8, 4) is 5.75 Å². The molecule has 1 aromatic rings. The van der Waals surface area contributed by atoms with Crippen molar-refractivity contribution in [2.24, 2.45) is 0 Å². The Balaban J connectivity index is 1.92. The number of phosphoric ester groups is 1. The van der Waals surface area contributed by atoms with Crippen LogP contribution in [0.5, 0.6) is 5.75 Å². The molecule has 0 radical (unpaired) electrons. The van der Waals surface area contributed by atoms with Crippen molar-refractivity contribution in [1.29, 1.82) is 0 Å². The molecule has 0 spiro atoms. The van der Waals surface area contributed by atoms with Crippen LogP contribution in [0.3, 0.4) is 0 Å². The molecule has 1 aliphatic rings. The van der Waals surface area contributed by atoms with Crippen LogP contribution in [0.1, 0.15) is 64.7 Å². The summed E-state index contributed by atoms with van der Waals surface area (Å²) in [5.74, 6) is 0.189. The van der Waals surface area contributed by atoms with Gasteiger partial charge in [0.2, 0.25) is 0 Å². The maximum absolute atomic E-state index is 13.4. The fraction of sp³-hybridized carbons (Fsp3) is 0.739. The van der Waals surface area contributed by atoms with E-state index < -0.39 is 44.4 Å². The molecule has 0 aliphatic heterocycles. The van der Waals surface area contributed by atoms with Crippen molar-refractivity contribution in [2.45, 2.75) is 101 Å². The molecular weight excluding hydrogens is 451 g/mol. The van der Waals surface area contributed by atoms with Gasteiger partial charge < -0.3 is 30.1 Å². The van der Waals surface area contributed by atoms with Crippen LogP contribution in [-0.4, -0.2) is 68.8 Å². The van der Waals surface area contributed by atoms with E-state index in [9.17, 15) is 30.1 Å². The number of aliphatic hydroxyl groups is 5. The summed E-state index contributed by atoms with van der Waals surface area (Å²) < 4.78 is 29.6. The Bertz CT molecular complexity index is 688. The van der Waals surface area contributed by atoms with Gasteiger partial charge in [-0.25, -0.2) is 4.57 Å². The Labute approximate surface area is 195 Å². The highest BCUT2D eigenvalue weighted by molar-refractivity contribution is 7.49. The third-order valence-electron chi connectivity index (χ3n) is 5.78. The van der Waals surface area contributed by atoms with Gasteiger partial charge >= 0.3 is 7.82 Å². The van der Waals surface area contributed by atoms with E-state index in [0.29, 0.717) is 6.42 Å². The molecule has 0 saturated heterocycles. The third-order valence-corrected chi connectivity index (χ3v) is 7.22. The van der Waals surface area contributed by atoms with E-state index in [4.69, 9.17) is 13.6 Å². The summed E-state index contributed by atoms with van der Waals surface area (Å²) in [5.41, 5.74) is 0. The number of aliphatic hydroxyl groups excluding tert-OH is 5. The van der Waals surface area contributed by atoms with E-state index in [1.54, 1.807) is 30.3 Å². The van der Waals surface area contributed by atoms with Gasteiger partial charge in [0.1, 0.15) is 42.4 Å². The van der Waals surface area contributed by atoms with Crippen LogP contribution in [0.25, 0.3) is 0 Å². The summed E-state index contributed by atoms with van der Waals surface area (Å²) in [4.78, 5) is 0. The lowest BCUT2D eigenvalue weighted by molar-refractivity contribution is -0.219. The number of hydrogen-bond donors (Lipinski definition) is 5. The highest BCUT2D eigenvalue weighted by atomic mass is 31.2. The number of unbranched alkanes of at least 4 members (excludes halogenated alkanes) is 8. The van der Waals surface area contributed by atoms with Crippen LogP contribution < -0.4 is 4.52 Å². The topological polar surface area (TPSA) is 146 Å². The number of phosphoric acid groups is 1. The van der Waals surface area contributed by atoms with Crippen molar-refractivity contribution in [1.82, 2.24) is 0 Å². The van der Waals surface area contributed by atoms with E-state index in [0.717, 1.165) is 19.3 Å². The Hall–Kier alpha value is -1.03. The molecule has 0 aromatic heterocycles. The van der Waals surface area contributed by atoms with Gasteiger partial charge in [0.25, 0.3) is 0 Å². The van der Waals surface area contributed by atoms with Crippen LogP contribution in [0, 0.1) is 0 Å². The molecule has 5 N–H and O–H groups in total. The lowest BCUT2D eigenvalue weighted by Gasteiger charge is -2.41. The van der Waals surface area contributed by atoms with Crippen LogP contribution >= 0.6 is 7.82 Å². The zero-order chi connectivity index (χ0) is 24.3. The predicted molar refractivity (Wildman–Crippen MR) is 123 cm³/mol. The molecule has 33 heavy (non-hydrogen) atoms. The molecule has 1 fully saturated rings. The Morgan fingerprint density at radius 2 is 1.21 bits per heavy atom. The lowest BCUT2D eigenvalue weighted by atomic mass is 9.85. The van der Waals surface area contributed by atoms with E-state index in [-0.39, 0.29) is 12.4 Å². The monoisotopic (exact) mass is 490 g/mol. The number of para-hydroxylation sites is 1. The van der Waals surface area contributed by atoms with Gasteiger partial charge in [0.05, 0.1) is 6.61 Å². The van der Waals surface area contributed by atoms with Crippen LogP contribution in [0.2, 0.25) is 0 Å². The fourth-order valence-corrected chi connectivity index (χ4v) is 5.19. The lowest BCUT2D eigenvalue weighted by Crippen LogP contribution is -2.64. The van der Waals surface area contributed by atoms with E-state index >= 15 is 0 Å². The van der Waals surface area contributed by atoms with Crippen molar-refractivity contribution in [3.63, 3.8) is 0 Å². The largest absolute Gasteiger partial charge is 0.530 e. The smallest absolute Gasteiger partial charge is 0.404 e. The predicted octanol–water partition coefficient (Wildman–Crippen LogP) is 2.92. The summed E-state index contributed by atoms with van der Waals surface area (Å²) in [6.07, 6.45) is -0.939. The second kappa shape index (κ2) is 14.4. The first kappa shape index (κ1) is 28.2. The third kappa shape index (κ3) is 8.92. The van der Waals surface area contributed by atoms with E-state index in [2.05, 4.69) is 6.92 Å². The molecule has 1 aliphatic carbocycles.